The molecule has 0 aliphatic carbocycles. The zero-order valence-corrected chi connectivity index (χ0v) is 8.47. The van der Waals surface area contributed by atoms with Crippen LogP contribution in [0, 0.1) is 10.1 Å². The summed E-state index contributed by atoms with van der Waals surface area (Å²) in [5, 5.41) is 10.2. The number of carbonyl (C=O) groups excluding carboxylic acids is 1. The molecule has 1 aromatic rings. The third-order valence-electron chi connectivity index (χ3n) is 1.27. The Balaban J connectivity index is 0.000000921. The standard InChI is InChI=1S/C7H6N2O4.C2H6/c8-7(10)13-6-3-1-5(2-4-6)9(11)12;1-2/h1-4H,(H2,8,10);1-2H3. The molecule has 1 rings (SSSR count). The lowest BCUT2D eigenvalue weighted by Gasteiger charge is -1.98. The van der Waals surface area contributed by atoms with Crippen molar-refractivity contribution in [1.29, 1.82) is 0 Å². The first-order valence-corrected chi connectivity index (χ1v) is 4.31. The lowest BCUT2D eigenvalue weighted by atomic mass is 10.3. The number of nitrogens with zero attached hydrogens (tertiary/aromatic N) is 1. The van der Waals surface area contributed by atoms with Crippen LogP contribution in [0.3, 0.4) is 0 Å². The molecule has 0 heterocycles. The van der Waals surface area contributed by atoms with E-state index in [0.717, 1.165) is 0 Å². The lowest BCUT2D eigenvalue weighted by molar-refractivity contribution is -0.384. The van der Waals surface area contributed by atoms with E-state index in [1.165, 1.54) is 24.3 Å². The molecule has 15 heavy (non-hydrogen) atoms. The second-order valence-corrected chi connectivity index (χ2v) is 2.17. The van der Waals surface area contributed by atoms with E-state index in [1.807, 2.05) is 13.8 Å². The average molecular weight is 212 g/mol. The number of hydrogen-bond donors (Lipinski definition) is 1. The fraction of sp³-hybridized carbons (Fsp3) is 0.222. The summed E-state index contributed by atoms with van der Waals surface area (Å²) in [5.74, 6) is 0.179. The molecule has 0 fully saturated rings. The van der Waals surface area contributed by atoms with Crippen molar-refractivity contribution in [3.8, 4) is 5.75 Å². The van der Waals surface area contributed by atoms with Gasteiger partial charge in [0.05, 0.1) is 4.92 Å². The van der Waals surface area contributed by atoms with Gasteiger partial charge in [-0.2, -0.15) is 0 Å². The molecule has 0 saturated carbocycles. The van der Waals surface area contributed by atoms with Gasteiger partial charge in [-0.05, 0) is 12.1 Å². The highest BCUT2D eigenvalue weighted by Gasteiger charge is 2.05. The molecule has 0 aliphatic heterocycles. The molecule has 6 heteroatoms. The van der Waals surface area contributed by atoms with E-state index in [1.54, 1.807) is 0 Å². The van der Waals surface area contributed by atoms with Crippen LogP contribution in [0.15, 0.2) is 24.3 Å². The highest BCUT2D eigenvalue weighted by Crippen LogP contribution is 2.16. The van der Waals surface area contributed by atoms with Gasteiger partial charge in [0.1, 0.15) is 5.75 Å². The molecule has 0 atom stereocenters. The van der Waals surface area contributed by atoms with Crippen LogP contribution >= 0.6 is 0 Å². The molecule has 82 valence electrons. The topological polar surface area (TPSA) is 95.5 Å². The molecule has 0 spiro atoms. The van der Waals surface area contributed by atoms with Crippen LogP contribution in [0.5, 0.6) is 5.75 Å². The number of carbonyl (C=O) groups is 1. The van der Waals surface area contributed by atoms with Crippen LogP contribution in [0.2, 0.25) is 0 Å². The molecule has 1 aromatic carbocycles. The number of amides is 1. The average Bonchev–Trinajstić information content (AvgIpc) is 2.20. The molecule has 0 unspecified atom stereocenters. The van der Waals surface area contributed by atoms with Crippen molar-refractivity contribution in [2.24, 2.45) is 5.73 Å². The third-order valence-corrected chi connectivity index (χ3v) is 1.27. The summed E-state index contributed by atoms with van der Waals surface area (Å²) in [6, 6.07) is 5.03. The van der Waals surface area contributed by atoms with Crippen molar-refractivity contribution < 1.29 is 14.5 Å². The van der Waals surface area contributed by atoms with E-state index in [-0.39, 0.29) is 11.4 Å². The molecule has 1 amide bonds. The van der Waals surface area contributed by atoms with Gasteiger partial charge in [0.2, 0.25) is 0 Å². The summed E-state index contributed by atoms with van der Waals surface area (Å²) in [6.07, 6.45) is -0.950. The molecule has 0 aliphatic rings. The summed E-state index contributed by atoms with van der Waals surface area (Å²) >= 11 is 0. The predicted molar refractivity (Wildman–Crippen MR) is 54.7 cm³/mol. The van der Waals surface area contributed by atoms with Gasteiger partial charge in [0.25, 0.3) is 5.69 Å². The van der Waals surface area contributed by atoms with Gasteiger partial charge in [-0.25, -0.2) is 4.79 Å². The zero-order chi connectivity index (χ0) is 11.8. The first-order chi connectivity index (χ1) is 7.09. The van der Waals surface area contributed by atoms with Crippen LogP contribution in [-0.4, -0.2) is 11.0 Å². The van der Waals surface area contributed by atoms with Gasteiger partial charge >= 0.3 is 6.09 Å². The molecule has 0 saturated heterocycles. The van der Waals surface area contributed by atoms with Crippen molar-refractivity contribution in [3.63, 3.8) is 0 Å². The number of rotatable bonds is 2. The SMILES string of the molecule is CC.NC(=O)Oc1ccc([N+](=O)[O-])cc1. The second kappa shape index (κ2) is 6.36. The van der Waals surface area contributed by atoms with Crippen molar-refractivity contribution in [2.75, 3.05) is 0 Å². The van der Waals surface area contributed by atoms with E-state index >= 15 is 0 Å². The lowest BCUT2D eigenvalue weighted by Crippen LogP contribution is -2.16. The number of primary amides is 1. The predicted octanol–water partition coefficient (Wildman–Crippen LogP) is 2.08. The van der Waals surface area contributed by atoms with Crippen molar-refractivity contribution in [1.82, 2.24) is 0 Å². The maximum atomic E-state index is 10.3. The van der Waals surface area contributed by atoms with Gasteiger partial charge in [-0.15, -0.1) is 0 Å². The minimum Gasteiger partial charge on any atom is -0.410 e. The number of non-ortho nitro benzene ring substituents is 1. The number of nitrogens with two attached hydrogens (primary N) is 1. The minimum atomic E-state index is -0.950. The van der Waals surface area contributed by atoms with Crippen molar-refractivity contribution in [3.05, 3.63) is 34.4 Å². The Labute approximate surface area is 86.8 Å². The summed E-state index contributed by atoms with van der Waals surface area (Å²) in [7, 11) is 0. The molecule has 6 nitrogen and oxygen atoms in total. The summed E-state index contributed by atoms with van der Waals surface area (Å²) in [4.78, 5) is 19.9. The Bertz CT molecular complexity index is 334. The van der Waals surface area contributed by atoms with Gasteiger partial charge in [-0.1, -0.05) is 13.8 Å². The van der Waals surface area contributed by atoms with Crippen LogP contribution in [0.4, 0.5) is 10.5 Å². The largest absolute Gasteiger partial charge is 0.410 e. The summed E-state index contributed by atoms with van der Waals surface area (Å²) in [5.41, 5.74) is 4.65. The smallest absolute Gasteiger partial charge is 0.409 e. The second-order valence-electron chi connectivity index (χ2n) is 2.17. The molecular formula is C9H12N2O4. The van der Waals surface area contributed by atoms with Crippen LogP contribution < -0.4 is 10.5 Å². The van der Waals surface area contributed by atoms with E-state index in [2.05, 4.69) is 4.74 Å². The highest BCUT2D eigenvalue weighted by molar-refractivity contribution is 5.68. The van der Waals surface area contributed by atoms with Gasteiger partial charge in [0, 0.05) is 12.1 Å². The molecule has 0 radical (unpaired) electrons. The van der Waals surface area contributed by atoms with E-state index in [4.69, 9.17) is 5.73 Å². The fourth-order valence-electron chi connectivity index (χ4n) is 0.752. The molecule has 2 N–H and O–H groups in total. The number of ether oxygens (including phenoxy) is 1. The van der Waals surface area contributed by atoms with Crippen molar-refractivity contribution >= 4 is 11.8 Å². The van der Waals surface area contributed by atoms with Gasteiger partial charge in [0.15, 0.2) is 0 Å². The molecular weight excluding hydrogens is 200 g/mol. The first-order valence-electron chi connectivity index (χ1n) is 4.31. The first kappa shape index (κ1) is 12.9. The Kier molecular flexibility index (Phi) is 5.47. The monoisotopic (exact) mass is 212 g/mol. The highest BCUT2D eigenvalue weighted by atomic mass is 16.6. The number of nitro groups is 1. The van der Waals surface area contributed by atoms with E-state index in [0.29, 0.717) is 0 Å². The number of hydrogen-bond acceptors (Lipinski definition) is 4. The minimum absolute atomic E-state index is 0.0724. The fourth-order valence-corrected chi connectivity index (χ4v) is 0.752. The quantitative estimate of drug-likeness (QED) is 0.599. The Hall–Kier alpha value is -2.11. The zero-order valence-electron chi connectivity index (χ0n) is 8.47. The summed E-state index contributed by atoms with van der Waals surface area (Å²) in [6.45, 7) is 4.00. The van der Waals surface area contributed by atoms with E-state index < -0.39 is 11.0 Å². The maximum Gasteiger partial charge on any atom is 0.409 e. The van der Waals surface area contributed by atoms with Crippen LogP contribution in [-0.2, 0) is 0 Å². The number of benzene rings is 1. The van der Waals surface area contributed by atoms with Crippen LogP contribution in [0.25, 0.3) is 0 Å². The van der Waals surface area contributed by atoms with Crippen molar-refractivity contribution in [2.45, 2.75) is 13.8 Å². The summed E-state index contributed by atoms with van der Waals surface area (Å²) < 4.78 is 4.47. The van der Waals surface area contributed by atoms with E-state index in [9.17, 15) is 14.9 Å². The normalized spacial score (nSPS) is 8.40. The Morgan fingerprint density at radius 1 is 1.33 bits per heavy atom. The van der Waals surface area contributed by atoms with Crippen LogP contribution in [0.1, 0.15) is 13.8 Å². The van der Waals surface area contributed by atoms with Gasteiger partial charge < -0.3 is 10.5 Å². The Morgan fingerprint density at radius 2 is 1.80 bits per heavy atom. The maximum absolute atomic E-state index is 10.3. The Morgan fingerprint density at radius 3 is 2.13 bits per heavy atom. The molecule has 0 aromatic heterocycles. The van der Waals surface area contributed by atoms with Gasteiger partial charge in [-0.3, -0.25) is 10.1 Å². The third kappa shape index (κ3) is 4.61. The molecule has 0 bridgehead atoms. The number of nitro benzene ring substituents is 1.